The molecule has 0 radical (unpaired) electrons. The fraction of sp³-hybridized carbons (Fsp3) is 0.368. The number of carbonyl (C=O) groups excluding carboxylic acids is 4. The van der Waals surface area contributed by atoms with Gasteiger partial charge in [0.15, 0.2) is 0 Å². The molecule has 0 unspecified atom stereocenters. The lowest BCUT2D eigenvalue weighted by Gasteiger charge is -2.16. The first kappa shape index (κ1) is 21.9. The second kappa shape index (κ2) is 10.1. The molecule has 0 heterocycles. The maximum atomic E-state index is 12.2. The molecule has 2 amide bonds. The van der Waals surface area contributed by atoms with Crippen LogP contribution in [-0.2, 0) is 30.3 Å². The van der Waals surface area contributed by atoms with E-state index in [4.69, 9.17) is 15.2 Å². The summed E-state index contributed by atoms with van der Waals surface area (Å²) in [7, 11) is 1.25. The molecule has 0 aromatic heterocycles. The van der Waals surface area contributed by atoms with Crippen LogP contribution in [0.15, 0.2) is 35.6 Å². The molecule has 0 aliphatic heterocycles. The van der Waals surface area contributed by atoms with Crippen LogP contribution >= 0.6 is 0 Å². The molecule has 0 aliphatic carbocycles. The predicted octanol–water partition coefficient (Wildman–Crippen LogP) is 1.09. The summed E-state index contributed by atoms with van der Waals surface area (Å²) in [5.41, 5.74) is 6.27. The topological polar surface area (TPSA) is 125 Å². The summed E-state index contributed by atoms with van der Waals surface area (Å²) in [5, 5.41) is 2.39. The third-order valence-corrected chi connectivity index (χ3v) is 3.53. The van der Waals surface area contributed by atoms with E-state index in [1.165, 1.54) is 14.0 Å². The highest BCUT2D eigenvalue weighted by Crippen LogP contribution is 2.22. The monoisotopic (exact) mass is 376 g/mol. The van der Waals surface area contributed by atoms with E-state index in [2.05, 4.69) is 5.32 Å². The predicted molar refractivity (Wildman–Crippen MR) is 97.3 cm³/mol. The van der Waals surface area contributed by atoms with Crippen molar-refractivity contribution in [1.29, 1.82) is 0 Å². The van der Waals surface area contributed by atoms with E-state index >= 15 is 0 Å². The zero-order chi connectivity index (χ0) is 20.6. The van der Waals surface area contributed by atoms with Crippen molar-refractivity contribution in [2.45, 2.75) is 27.2 Å². The highest BCUT2D eigenvalue weighted by atomic mass is 16.5. The molecule has 8 nitrogen and oxygen atoms in total. The lowest BCUT2D eigenvalue weighted by atomic mass is 9.98. The Labute approximate surface area is 157 Å². The molecule has 3 N–H and O–H groups in total. The zero-order valence-electron chi connectivity index (χ0n) is 15.8. The standard InChI is InChI=1S/C19H24N2O6/c1-11(2)17(27-12(3)22)15(19(25)26-4)9-13-5-7-14(8-6-13)18(24)21-10-16(20)23/h5-8,11H,9-10H2,1-4H3,(H2,20,23)(H,21,24)/b17-15-. The van der Waals surface area contributed by atoms with Gasteiger partial charge in [-0.25, -0.2) is 4.79 Å². The largest absolute Gasteiger partial charge is 0.466 e. The van der Waals surface area contributed by atoms with E-state index in [1.54, 1.807) is 38.1 Å². The van der Waals surface area contributed by atoms with Crippen LogP contribution < -0.4 is 11.1 Å². The Balaban J connectivity index is 3.09. The minimum atomic E-state index is -0.639. The summed E-state index contributed by atoms with van der Waals surface area (Å²) in [6, 6.07) is 6.44. The number of methoxy groups -OCH3 is 1. The average molecular weight is 376 g/mol. The first-order chi connectivity index (χ1) is 12.6. The molecule has 0 bridgehead atoms. The molecule has 0 aliphatic rings. The van der Waals surface area contributed by atoms with Crippen molar-refractivity contribution in [2.75, 3.05) is 13.7 Å². The van der Waals surface area contributed by atoms with E-state index < -0.39 is 23.8 Å². The van der Waals surface area contributed by atoms with Crippen molar-refractivity contribution in [2.24, 2.45) is 11.7 Å². The number of rotatable bonds is 8. The molecule has 0 saturated carbocycles. The summed E-state index contributed by atoms with van der Waals surface area (Å²) in [6.45, 7) is 4.60. The summed E-state index contributed by atoms with van der Waals surface area (Å²) in [6.07, 6.45) is 0.163. The van der Waals surface area contributed by atoms with Crippen LogP contribution in [0.2, 0.25) is 0 Å². The van der Waals surface area contributed by atoms with Crippen molar-refractivity contribution in [3.05, 3.63) is 46.7 Å². The third-order valence-electron chi connectivity index (χ3n) is 3.53. The van der Waals surface area contributed by atoms with Crippen molar-refractivity contribution in [3.8, 4) is 0 Å². The number of hydrogen-bond acceptors (Lipinski definition) is 6. The average Bonchev–Trinajstić information content (AvgIpc) is 2.61. The van der Waals surface area contributed by atoms with Crippen molar-refractivity contribution >= 4 is 23.8 Å². The second-order valence-electron chi connectivity index (χ2n) is 6.11. The lowest BCUT2D eigenvalue weighted by Crippen LogP contribution is -2.33. The van der Waals surface area contributed by atoms with Gasteiger partial charge in [-0.2, -0.15) is 0 Å². The number of hydrogen-bond donors (Lipinski definition) is 2. The van der Waals surface area contributed by atoms with Crippen LogP contribution in [0.3, 0.4) is 0 Å². The minimum Gasteiger partial charge on any atom is -0.466 e. The van der Waals surface area contributed by atoms with Crippen molar-refractivity contribution in [3.63, 3.8) is 0 Å². The van der Waals surface area contributed by atoms with Crippen molar-refractivity contribution < 1.29 is 28.7 Å². The number of nitrogens with two attached hydrogens (primary N) is 1. The molecule has 1 rings (SSSR count). The minimum absolute atomic E-state index is 0.163. The molecule has 1 aromatic carbocycles. The highest BCUT2D eigenvalue weighted by Gasteiger charge is 2.22. The smallest absolute Gasteiger partial charge is 0.337 e. The van der Waals surface area contributed by atoms with Crippen LogP contribution in [0.25, 0.3) is 0 Å². The SMILES string of the molecule is COC(=O)/C(Cc1ccc(C(=O)NCC(N)=O)cc1)=C(\OC(C)=O)C(C)C. The third kappa shape index (κ3) is 6.93. The fourth-order valence-corrected chi connectivity index (χ4v) is 2.31. The van der Waals surface area contributed by atoms with Crippen LogP contribution in [0.1, 0.15) is 36.7 Å². The molecule has 8 heteroatoms. The number of ether oxygens (including phenoxy) is 2. The Bertz CT molecular complexity index is 750. The van der Waals surface area contributed by atoms with Gasteiger partial charge >= 0.3 is 11.9 Å². The van der Waals surface area contributed by atoms with Gasteiger partial charge in [0, 0.05) is 24.8 Å². The van der Waals surface area contributed by atoms with E-state index in [0.29, 0.717) is 11.1 Å². The summed E-state index contributed by atoms with van der Waals surface area (Å²) in [4.78, 5) is 46.2. The summed E-state index contributed by atoms with van der Waals surface area (Å²) >= 11 is 0. The first-order valence-corrected chi connectivity index (χ1v) is 8.30. The van der Waals surface area contributed by atoms with Gasteiger partial charge in [-0.1, -0.05) is 26.0 Å². The van der Waals surface area contributed by atoms with Crippen LogP contribution in [-0.4, -0.2) is 37.4 Å². The number of nitrogens with one attached hydrogen (secondary N) is 1. The summed E-state index contributed by atoms with van der Waals surface area (Å²) < 4.78 is 10.0. The van der Waals surface area contributed by atoms with Crippen LogP contribution in [0.4, 0.5) is 0 Å². The Morgan fingerprint density at radius 1 is 1.11 bits per heavy atom. The van der Waals surface area contributed by atoms with Gasteiger partial charge in [-0.15, -0.1) is 0 Å². The molecular weight excluding hydrogens is 352 g/mol. The number of esters is 2. The molecule has 1 aromatic rings. The van der Waals surface area contributed by atoms with Gasteiger partial charge < -0.3 is 20.5 Å². The van der Waals surface area contributed by atoms with E-state index in [9.17, 15) is 19.2 Å². The Morgan fingerprint density at radius 2 is 1.70 bits per heavy atom. The Kier molecular flexibility index (Phi) is 8.19. The Morgan fingerprint density at radius 3 is 2.15 bits per heavy atom. The molecule has 27 heavy (non-hydrogen) atoms. The second-order valence-corrected chi connectivity index (χ2v) is 6.11. The van der Waals surface area contributed by atoms with Gasteiger partial charge in [0.25, 0.3) is 5.91 Å². The number of amides is 2. The van der Waals surface area contributed by atoms with Gasteiger partial charge in [0.1, 0.15) is 5.76 Å². The maximum absolute atomic E-state index is 12.2. The highest BCUT2D eigenvalue weighted by molar-refractivity contribution is 5.96. The molecule has 146 valence electrons. The molecule has 0 fully saturated rings. The van der Waals surface area contributed by atoms with Crippen molar-refractivity contribution in [1.82, 2.24) is 5.32 Å². The molecular formula is C19H24N2O6. The van der Waals surface area contributed by atoms with Gasteiger partial charge in [-0.3, -0.25) is 14.4 Å². The number of benzene rings is 1. The van der Waals surface area contributed by atoms with Gasteiger partial charge in [-0.05, 0) is 17.7 Å². The molecule has 0 saturated heterocycles. The number of carbonyl (C=O) groups is 4. The molecule has 0 atom stereocenters. The van der Waals surface area contributed by atoms with E-state index in [0.717, 1.165) is 0 Å². The number of allylic oxidation sites excluding steroid dienone is 1. The maximum Gasteiger partial charge on any atom is 0.337 e. The Hall–Kier alpha value is -3.16. The molecule has 0 spiro atoms. The normalized spacial score (nSPS) is 11.4. The van der Waals surface area contributed by atoms with E-state index in [1.807, 2.05) is 0 Å². The summed E-state index contributed by atoms with van der Waals surface area (Å²) in [5.74, 6) is -2.16. The fourth-order valence-electron chi connectivity index (χ4n) is 2.31. The zero-order valence-corrected chi connectivity index (χ0v) is 15.8. The van der Waals surface area contributed by atoms with Crippen LogP contribution in [0.5, 0.6) is 0 Å². The van der Waals surface area contributed by atoms with Gasteiger partial charge in [0.05, 0.1) is 19.2 Å². The van der Waals surface area contributed by atoms with E-state index in [-0.39, 0.29) is 30.2 Å². The van der Waals surface area contributed by atoms with Crippen LogP contribution in [0, 0.1) is 5.92 Å². The first-order valence-electron chi connectivity index (χ1n) is 8.30. The van der Waals surface area contributed by atoms with Gasteiger partial charge in [0.2, 0.25) is 5.91 Å². The lowest BCUT2D eigenvalue weighted by molar-refractivity contribution is -0.139. The quantitative estimate of drug-likeness (QED) is 0.397. The number of primary amides is 1.